The standard InChI is InChI=1S/C18H25ClO4/c1-3-4-5-6-9-12-22-17(20)15-10-7-8-11-16(15)18(21)23-13-14(2)19/h7-8,10-11,14H,3-6,9,12-13H2,1-2H3. The highest BCUT2D eigenvalue weighted by Crippen LogP contribution is 2.13. The first-order valence-corrected chi connectivity index (χ1v) is 8.57. The lowest BCUT2D eigenvalue weighted by Gasteiger charge is -2.10. The van der Waals surface area contributed by atoms with Gasteiger partial charge >= 0.3 is 11.9 Å². The number of halogens is 1. The molecule has 0 bridgehead atoms. The first-order valence-electron chi connectivity index (χ1n) is 8.13. The summed E-state index contributed by atoms with van der Waals surface area (Å²) in [6.07, 6.45) is 5.39. The Morgan fingerprint density at radius 2 is 1.57 bits per heavy atom. The van der Waals surface area contributed by atoms with E-state index in [9.17, 15) is 9.59 Å². The van der Waals surface area contributed by atoms with Crippen LogP contribution in [0.4, 0.5) is 0 Å². The van der Waals surface area contributed by atoms with Crippen LogP contribution >= 0.6 is 11.6 Å². The highest BCUT2D eigenvalue weighted by molar-refractivity contribution is 6.20. The van der Waals surface area contributed by atoms with Crippen LogP contribution in [0.1, 0.15) is 66.7 Å². The number of carbonyl (C=O) groups excluding carboxylic acids is 2. The quantitative estimate of drug-likeness (QED) is 0.355. The summed E-state index contributed by atoms with van der Waals surface area (Å²) < 4.78 is 10.3. The zero-order valence-corrected chi connectivity index (χ0v) is 14.6. The highest BCUT2D eigenvalue weighted by Gasteiger charge is 2.19. The number of hydrogen-bond acceptors (Lipinski definition) is 4. The number of rotatable bonds is 10. The summed E-state index contributed by atoms with van der Waals surface area (Å²) in [5, 5.41) is -0.277. The van der Waals surface area contributed by atoms with Gasteiger partial charge in [0, 0.05) is 0 Å². The minimum absolute atomic E-state index is 0.0984. The second-order valence-corrected chi connectivity index (χ2v) is 6.22. The van der Waals surface area contributed by atoms with Crippen molar-refractivity contribution < 1.29 is 19.1 Å². The molecule has 0 heterocycles. The summed E-state index contributed by atoms with van der Waals surface area (Å²) >= 11 is 5.76. The Morgan fingerprint density at radius 3 is 2.13 bits per heavy atom. The van der Waals surface area contributed by atoms with E-state index >= 15 is 0 Å². The lowest BCUT2D eigenvalue weighted by Crippen LogP contribution is -2.17. The third kappa shape index (κ3) is 7.51. The van der Waals surface area contributed by atoms with Gasteiger partial charge in [-0.3, -0.25) is 0 Å². The second-order valence-electron chi connectivity index (χ2n) is 5.47. The summed E-state index contributed by atoms with van der Waals surface area (Å²) in [5.74, 6) is -1.06. The van der Waals surface area contributed by atoms with Crippen LogP contribution in [0.25, 0.3) is 0 Å². The van der Waals surface area contributed by atoms with Gasteiger partial charge in [0.1, 0.15) is 6.61 Å². The van der Waals surface area contributed by atoms with Gasteiger partial charge in [0.05, 0.1) is 23.1 Å². The first-order chi connectivity index (χ1) is 11.1. The number of esters is 2. The van der Waals surface area contributed by atoms with Crippen LogP contribution in [-0.2, 0) is 9.47 Å². The number of ether oxygens (including phenoxy) is 2. The lowest BCUT2D eigenvalue weighted by molar-refractivity contribution is 0.0455. The number of benzene rings is 1. The topological polar surface area (TPSA) is 52.6 Å². The molecule has 0 spiro atoms. The maximum absolute atomic E-state index is 12.1. The van der Waals surface area contributed by atoms with Crippen LogP contribution in [0, 0.1) is 0 Å². The predicted molar refractivity (Wildman–Crippen MR) is 91.1 cm³/mol. The Bertz CT molecular complexity index is 500. The van der Waals surface area contributed by atoms with E-state index in [2.05, 4.69) is 6.92 Å². The molecule has 0 aliphatic rings. The van der Waals surface area contributed by atoms with Gasteiger partial charge in [0.15, 0.2) is 0 Å². The minimum atomic E-state index is -0.562. The Hall–Kier alpha value is -1.55. The minimum Gasteiger partial charge on any atom is -0.462 e. The normalized spacial score (nSPS) is 11.8. The van der Waals surface area contributed by atoms with Crippen molar-refractivity contribution in [2.24, 2.45) is 0 Å². The van der Waals surface area contributed by atoms with Crippen LogP contribution in [0.2, 0.25) is 0 Å². The molecule has 1 aromatic rings. The van der Waals surface area contributed by atoms with Crippen molar-refractivity contribution in [2.45, 2.75) is 51.3 Å². The van der Waals surface area contributed by atoms with Gasteiger partial charge in [0.25, 0.3) is 0 Å². The van der Waals surface area contributed by atoms with Crippen molar-refractivity contribution in [3.8, 4) is 0 Å². The molecule has 0 saturated carbocycles. The van der Waals surface area contributed by atoms with Gasteiger partial charge in [-0.2, -0.15) is 0 Å². The van der Waals surface area contributed by atoms with Gasteiger partial charge in [0.2, 0.25) is 0 Å². The molecule has 0 fully saturated rings. The number of unbranched alkanes of at least 4 members (excludes halogenated alkanes) is 4. The molecular weight excluding hydrogens is 316 g/mol. The van der Waals surface area contributed by atoms with Crippen LogP contribution in [0.3, 0.4) is 0 Å². The molecule has 1 atom stereocenters. The van der Waals surface area contributed by atoms with Gasteiger partial charge in [-0.15, -0.1) is 11.6 Å². The molecule has 0 radical (unpaired) electrons. The molecule has 1 rings (SSSR count). The van der Waals surface area contributed by atoms with Crippen molar-refractivity contribution in [2.75, 3.05) is 13.2 Å². The zero-order chi connectivity index (χ0) is 17.1. The van der Waals surface area contributed by atoms with E-state index in [1.54, 1.807) is 31.2 Å². The van der Waals surface area contributed by atoms with Crippen LogP contribution < -0.4 is 0 Å². The molecule has 0 N–H and O–H groups in total. The Balaban J connectivity index is 2.54. The van der Waals surface area contributed by atoms with Gasteiger partial charge in [-0.05, 0) is 25.5 Å². The molecule has 0 saturated heterocycles. The van der Waals surface area contributed by atoms with E-state index in [0.29, 0.717) is 6.61 Å². The lowest BCUT2D eigenvalue weighted by atomic mass is 10.1. The molecule has 0 aliphatic heterocycles. The van der Waals surface area contributed by atoms with E-state index < -0.39 is 11.9 Å². The van der Waals surface area contributed by atoms with Gasteiger partial charge in [-0.1, -0.05) is 44.7 Å². The van der Waals surface area contributed by atoms with Gasteiger partial charge in [-0.25, -0.2) is 9.59 Å². The Kier molecular flexibility index (Phi) is 9.37. The maximum atomic E-state index is 12.1. The van der Waals surface area contributed by atoms with E-state index in [1.807, 2.05) is 0 Å². The summed E-state index contributed by atoms with van der Waals surface area (Å²) in [5.41, 5.74) is 0.439. The molecule has 128 valence electrons. The molecule has 23 heavy (non-hydrogen) atoms. The van der Waals surface area contributed by atoms with E-state index in [0.717, 1.165) is 19.3 Å². The fourth-order valence-corrected chi connectivity index (χ4v) is 2.12. The average molecular weight is 341 g/mol. The van der Waals surface area contributed by atoms with Crippen LogP contribution in [-0.4, -0.2) is 30.5 Å². The number of alkyl halides is 1. The molecule has 1 aromatic carbocycles. The monoisotopic (exact) mass is 340 g/mol. The zero-order valence-electron chi connectivity index (χ0n) is 13.8. The first kappa shape index (κ1) is 19.5. The summed E-state index contributed by atoms with van der Waals surface area (Å²) in [7, 11) is 0. The van der Waals surface area contributed by atoms with Crippen molar-refractivity contribution >= 4 is 23.5 Å². The Labute approximate surface area is 143 Å². The molecule has 1 unspecified atom stereocenters. The third-order valence-electron chi connectivity index (χ3n) is 3.29. The van der Waals surface area contributed by atoms with Crippen molar-refractivity contribution in [3.63, 3.8) is 0 Å². The summed E-state index contributed by atoms with van der Waals surface area (Å²) in [4.78, 5) is 24.2. The molecule has 0 aliphatic carbocycles. The molecule has 0 aromatic heterocycles. The smallest absolute Gasteiger partial charge is 0.339 e. The van der Waals surface area contributed by atoms with Crippen LogP contribution in [0.5, 0.6) is 0 Å². The third-order valence-corrected chi connectivity index (χ3v) is 3.42. The predicted octanol–water partition coefficient (Wildman–Crippen LogP) is 4.60. The van der Waals surface area contributed by atoms with E-state index in [4.69, 9.17) is 21.1 Å². The average Bonchev–Trinajstić information content (AvgIpc) is 2.55. The largest absolute Gasteiger partial charge is 0.462 e. The van der Waals surface area contributed by atoms with Crippen LogP contribution in [0.15, 0.2) is 24.3 Å². The molecule has 5 heteroatoms. The highest BCUT2D eigenvalue weighted by atomic mass is 35.5. The molecular formula is C18H25ClO4. The summed E-state index contributed by atoms with van der Waals surface area (Å²) in [6, 6.07) is 6.50. The maximum Gasteiger partial charge on any atom is 0.339 e. The fraction of sp³-hybridized carbons (Fsp3) is 0.556. The summed E-state index contributed by atoms with van der Waals surface area (Å²) in [6.45, 7) is 4.35. The van der Waals surface area contributed by atoms with E-state index in [-0.39, 0.29) is 23.1 Å². The second kappa shape index (κ2) is 11.1. The van der Waals surface area contributed by atoms with Crippen molar-refractivity contribution in [1.29, 1.82) is 0 Å². The SMILES string of the molecule is CCCCCCCOC(=O)c1ccccc1C(=O)OCC(C)Cl. The van der Waals surface area contributed by atoms with E-state index in [1.165, 1.54) is 12.8 Å². The fourth-order valence-electron chi connectivity index (χ4n) is 2.06. The van der Waals surface area contributed by atoms with Crippen molar-refractivity contribution in [3.05, 3.63) is 35.4 Å². The molecule has 0 amide bonds. The number of hydrogen-bond donors (Lipinski definition) is 0. The Morgan fingerprint density at radius 1 is 1.00 bits per heavy atom. The van der Waals surface area contributed by atoms with Gasteiger partial charge < -0.3 is 9.47 Å². The number of carbonyl (C=O) groups is 2. The van der Waals surface area contributed by atoms with Crippen molar-refractivity contribution in [1.82, 2.24) is 0 Å². The molecule has 4 nitrogen and oxygen atoms in total.